The average molecular weight is 232 g/mol. The predicted molar refractivity (Wildman–Crippen MR) is 48.1 cm³/mol. The first-order valence-corrected chi connectivity index (χ1v) is 4.08. The summed E-state index contributed by atoms with van der Waals surface area (Å²) in [7, 11) is 0. The summed E-state index contributed by atoms with van der Waals surface area (Å²) in [5.41, 5.74) is 0.570. The fourth-order valence-electron chi connectivity index (χ4n) is 0.837. The zero-order valence-electron chi connectivity index (χ0n) is 6.38. The van der Waals surface area contributed by atoms with Crippen molar-refractivity contribution in [1.29, 1.82) is 0 Å². The van der Waals surface area contributed by atoms with Crippen LogP contribution in [0.4, 0.5) is 4.39 Å². The van der Waals surface area contributed by atoms with Crippen molar-refractivity contribution in [1.82, 2.24) is 0 Å². The molecule has 0 fully saturated rings. The van der Waals surface area contributed by atoms with E-state index in [-0.39, 0.29) is 5.71 Å². The van der Waals surface area contributed by atoms with Crippen LogP contribution >= 0.6 is 15.9 Å². The highest BCUT2D eigenvalue weighted by Gasteiger charge is 2.05. The van der Waals surface area contributed by atoms with E-state index in [2.05, 4.69) is 21.1 Å². The van der Waals surface area contributed by atoms with Gasteiger partial charge in [0.1, 0.15) is 5.82 Å². The summed E-state index contributed by atoms with van der Waals surface area (Å²) in [6, 6.07) is 4.56. The van der Waals surface area contributed by atoms with E-state index < -0.39 is 5.82 Å². The van der Waals surface area contributed by atoms with Gasteiger partial charge in [-0.3, -0.25) is 0 Å². The highest BCUT2D eigenvalue weighted by Crippen LogP contribution is 2.15. The Morgan fingerprint density at radius 3 is 2.75 bits per heavy atom. The zero-order chi connectivity index (χ0) is 9.14. The van der Waals surface area contributed by atoms with Gasteiger partial charge in [-0.2, -0.15) is 0 Å². The molecule has 0 aromatic heterocycles. The number of benzene rings is 1. The van der Waals surface area contributed by atoms with Crippen molar-refractivity contribution >= 4 is 21.6 Å². The first-order chi connectivity index (χ1) is 5.65. The van der Waals surface area contributed by atoms with Gasteiger partial charge in [-0.25, -0.2) is 4.39 Å². The molecular formula is C8H7BrFNO. The number of rotatable bonds is 1. The highest BCUT2D eigenvalue weighted by atomic mass is 79.9. The maximum absolute atomic E-state index is 13.1. The Bertz CT molecular complexity index is 325. The van der Waals surface area contributed by atoms with E-state index in [9.17, 15) is 4.39 Å². The highest BCUT2D eigenvalue weighted by molar-refractivity contribution is 9.10. The molecule has 0 saturated heterocycles. The number of hydrogen-bond donors (Lipinski definition) is 1. The molecule has 0 atom stereocenters. The van der Waals surface area contributed by atoms with Gasteiger partial charge in [0.2, 0.25) is 0 Å². The lowest BCUT2D eigenvalue weighted by molar-refractivity contribution is 0.319. The van der Waals surface area contributed by atoms with Crippen LogP contribution in [0.3, 0.4) is 0 Å². The van der Waals surface area contributed by atoms with Gasteiger partial charge in [0.25, 0.3) is 0 Å². The summed E-state index contributed by atoms with van der Waals surface area (Å²) in [6.45, 7) is 1.53. The third-order valence-corrected chi connectivity index (χ3v) is 1.96. The minimum Gasteiger partial charge on any atom is -0.411 e. The molecule has 64 valence electrons. The van der Waals surface area contributed by atoms with E-state index in [1.165, 1.54) is 13.0 Å². The van der Waals surface area contributed by atoms with E-state index in [0.717, 1.165) is 0 Å². The van der Waals surface area contributed by atoms with Gasteiger partial charge >= 0.3 is 0 Å². The summed E-state index contributed by atoms with van der Waals surface area (Å²) in [4.78, 5) is 0. The van der Waals surface area contributed by atoms with Gasteiger partial charge < -0.3 is 5.21 Å². The lowest BCUT2D eigenvalue weighted by Crippen LogP contribution is -1.98. The van der Waals surface area contributed by atoms with E-state index in [1.807, 2.05) is 0 Å². The molecule has 0 aliphatic heterocycles. The van der Waals surface area contributed by atoms with Gasteiger partial charge in [0, 0.05) is 10.0 Å². The van der Waals surface area contributed by atoms with Gasteiger partial charge in [-0.15, -0.1) is 0 Å². The average Bonchev–Trinajstić information content (AvgIpc) is 2.03. The maximum atomic E-state index is 13.1. The van der Waals surface area contributed by atoms with Gasteiger partial charge in [0.05, 0.1) is 5.71 Å². The van der Waals surface area contributed by atoms with E-state index in [1.54, 1.807) is 12.1 Å². The third kappa shape index (κ3) is 1.82. The van der Waals surface area contributed by atoms with Crippen LogP contribution in [-0.2, 0) is 0 Å². The third-order valence-electron chi connectivity index (χ3n) is 1.47. The second kappa shape index (κ2) is 3.67. The second-order valence-corrected chi connectivity index (χ2v) is 3.23. The van der Waals surface area contributed by atoms with Gasteiger partial charge in [-0.05, 0) is 25.1 Å². The lowest BCUT2D eigenvalue weighted by Gasteiger charge is -2.00. The van der Waals surface area contributed by atoms with Crippen molar-refractivity contribution in [3.8, 4) is 0 Å². The van der Waals surface area contributed by atoms with E-state index in [4.69, 9.17) is 5.21 Å². The fourth-order valence-corrected chi connectivity index (χ4v) is 1.17. The summed E-state index contributed by atoms with van der Waals surface area (Å²) in [5.74, 6) is -0.403. The molecule has 12 heavy (non-hydrogen) atoms. The molecule has 0 radical (unpaired) electrons. The predicted octanol–water partition coefficient (Wildman–Crippen LogP) is 2.79. The summed E-state index contributed by atoms with van der Waals surface area (Å²) < 4.78 is 13.7. The first-order valence-electron chi connectivity index (χ1n) is 3.29. The van der Waals surface area contributed by atoms with Gasteiger partial charge in [-0.1, -0.05) is 21.1 Å². The molecular weight excluding hydrogens is 225 g/mol. The van der Waals surface area contributed by atoms with Crippen molar-refractivity contribution in [3.05, 3.63) is 34.1 Å². The van der Waals surface area contributed by atoms with Crippen LogP contribution in [0, 0.1) is 5.82 Å². The minimum absolute atomic E-state index is 0.264. The van der Waals surface area contributed by atoms with Crippen LogP contribution in [0.25, 0.3) is 0 Å². The quantitative estimate of drug-likeness (QED) is 0.450. The Balaban J connectivity index is 3.18. The standard InChI is InChI=1S/C8H7BrFNO/c1-5(11-12)7-3-2-6(9)4-8(7)10/h2-4,12H,1H3/b11-5-. The molecule has 0 unspecified atom stereocenters. The molecule has 2 nitrogen and oxygen atoms in total. The number of oxime groups is 1. The Kier molecular flexibility index (Phi) is 2.81. The molecule has 0 aliphatic carbocycles. The van der Waals surface area contributed by atoms with Crippen molar-refractivity contribution in [3.63, 3.8) is 0 Å². The maximum Gasteiger partial charge on any atom is 0.133 e. The zero-order valence-corrected chi connectivity index (χ0v) is 7.97. The molecule has 0 aliphatic rings. The summed E-state index contributed by atoms with van der Waals surface area (Å²) in [6.07, 6.45) is 0. The van der Waals surface area contributed by atoms with Crippen molar-refractivity contribution in [2.45, 2.75) is 6.92 Å². The Labute approximate surface area is 77.8 Å². The SMILES string of the molecule is C/C(=N/O)c1ccc(Br)cc1F. The van der Waals surface area contributed by atoms with Crippen LogP contribution in [0.5, 0.6) is 0 Å². The van der Waals surface area contributed by atoms with Crippen molar-refractivity contribution < 1.29 is 9.60 Å². The van der Waals surface area contributed by atoms with E-state index >= 15 is 0 Å². The summed E-state index contributed by atoms with van der Waals surface area (Å²) in [5, 5.41) is 11.3. The molecule has 1 rings (SSSR count). The van der Waals surface area contributed by atoms with E-state index in [0.29, 0.717) is 10.0 Å². The summed E-state index contributed by atoms with van der Waals surface area (Å²) >= 11 is 3.12. The lowest BCUT2D eigenvalue weighted by atomic mass is 10.1. The van der Waals surface area contributed by atoms with Crippen LogP contribution in [0.2, 0.25) is 0 Å². The smallest absolute Gasteiger partial charge is 0.133 e. The van der Waals surface area contributed by atoms with Crippen LogP contribution in [-0.4, -0.2) is 10.9 Å². The molecule has 0 amide bonds. The monoisotopic (exact) mass is 231 g/mol. The first kappa shape index (κ1) is 9.19. The normalized spacial score (nSPS) is 11.8. The van der Waals surface area contributed by atoms with Crippen LogP contribution in [0.15, 0.2) is 27.8 Å². The Morgan fingerprint density at radius 2 is 2.25 bits per heavy atom. The largest absolute Gasteiger partial charge is 0.411 e. The molecule has 1 aromatic rings. The molecule has 4 heteroatoms. The van der Waals surface area contributed by atoms with Crippen LogP contribution < -0.4 is 0 Å². The second-order valence-electron chi connectivity index (χ2n) is 2.31. The molecule has 0 saturated carbocycles. The fraction of sp³-hybridized carbons (Fsp3) is 0.125. The van der Waals surface area contributed by atoms with Crippen molar-refractivity contribution in [2.24, 2.45) is 5.16 Å². The Hall–Kier alpha value is -0.900. The molecule has 0 heterocycles. The van der Waals surface area contributed by atoms with Crippen LogP contribution in [0.1, 0.15) is 12.5 Å². The molecule has 0 bridgehead atoms. The molecule has 0 spiro atoms. The number of nitrogens with zero attached hydrogens (tertiary/aromatic N) is 1. The molecule has 1 aromatic carbocycles. The molecule has 1 N–H and O–H groups in total. The number of halogens is 2. The topological polar surface area (TPSA) is 32.6 Å². The van der Waals surface area contributed by atoms with Gasteiger partial charge in [0.15, 0.2) is 0 Å². The Morgan fingerprint density at radius 1 is 1.58 bits per heavy atom. The van der Waals surface area contributed by atoms with Crippen molar-refractivity contribution in [2.75, 3.05) is 0 Å². The number of hydrogen-bond acceptors (Lipinski definition) is 2. The minimum atomic E-state index is -0.403.